The van der Waals surface area contributed by atoms with Crippen LogP contribution in [0.25, 0.3) is 0 Å². The minimum Gasteiger partial charge on any atom is -0.332 e. The van der Waals surface area contributed by atoms with Crippen LogP contribution in [0.5, 0.6) is 0 Å². The van der Waals surface area contributed by atoms with Crippen LogP contribution < -0.4 is 10.6 Å². The van der Waals surface area contributed by atoms with E-state index in [9.17, 15) is 9.36 Å². The Labute approximate surface area is 139 Å². The molecule has 0 heterocycles. The van der Waals surface area contributed by atoms with Gasteiger partial charge in [-0.25, -0.2) is 9.36 Å². The van der Waals surface area contributed by atoms with Crippen LogP contribution in [0, 0.1) is 0 Å². The maximum Gasteiger partial charge on any atom is 0.469 e. The summed E-state index contributed by atoms with van der Waals surface area (Å²) >= 11 is 0. The highest BCUT2D eigenvalue weighted by Gasteiger charge is 2.20. The summed E-state index contributed by atoms with van der Waals surface area (Å²) in [4.78, 5) is 29.8. The number of benzene rings is 2. The second-order valence-corrected chi connectivity index (χ2v) is 6.38. The molecule has 4 N–H and O–H groups in total. The Morgan fingerprint density at radius 3 is 2.21 bits per heavy atom. The molecular formula is C16H19N2O5P. The van der Waals surface area contributed by atoms with Crippen molar-refractivity contribution in [1.29, 1.82) is 0 Å². The van der Waals surface area contributed by atoms with E-state index >= 15 is 0 Å². The van der Waals surface area contributed by atoms with Crippen molar-refractivity contribution in [3.63, 3.8) is 0 Å². The molecule has 0 aliphatic carbocycles. The fraction of sp³-hybridized carbons (Fsp3) is 0.188. The number of urea groups is 1. The zero-order valence-electron chi connectivity index (χ0n) is 12.8. The van der Waals surface area contributed by atoms with Gasteiger partial charge in [-0.15, -0.1) is 0 Å². The number of anilines is 1. The molecular weight excluding hydrogens is 331 g/mol. The zero-order valence-corrected chi connectivity index (χ0v) is 13.7. The summed E-state index contributed by atoms with van der Waals surface area (Å²) in [5.41, 5.74) is 1.53. The van der Waals surface area contributed by atoms with E-state index in [4.69, 9.17) is 9.79 Å². The Morgan fingerprint density at radius 2 is 1.62 bits per heavy atom. The third kappa shape index (κ3) is 6.93. The Bertz CT molecular complexity index is 690. The van der Waals surface area contributed by atoms with Crippen molar-refractivity contribution >= 4 is 19.5 Å². The Hall–Kier alpha value is -2.18. The van der Waals surface area contributed by atoms with Gasteiger partial charge in [0, 0.05) is 5.69 Å². The van der Waals surface area contributed by atoms with Crippen LogP contribution >= 0.6 is 7.82 Å². The number of para-hydroxylation sites is 1. The SMILES string of the molecule is O=C(Nc1ccccc1)N[C@@H](COP(=O)(O)O)Cc1ccccc1. The lowest BCUT2D eigenvalue weighted by molar-refractivity contribution is 0.176. The fourth-order valence-corrected chi connectivity index (χ4v) is 2.49. The normalized spacial score (nSPS) is 12.4. The zero-order chi connectivity index (χ0) is 17.4. The summed E-state index contributed by atoms with van der Waals surface area (Å²) in [7, 11) is -4.61. The molecule has 128 valence electrons. The molecule has 0 aliphatic rings. The average molecular weight is 350 g/mol. The Morgan fingerprint density at radius 1 is 1.04 bits per heavy atom. The number of carbonyl (C=O) groups excluding carboxylic acids is 1. The van der Waals surface area contributed by atoms with Gasteiger partial charge in [0.2, 0.25) is 0 Å². The molecule has 1 atom stereocenters. The van der Waals surface area contributed by atoms with Gasteiger partial charge in [-0.3, -0.25) is 4.52 Å². The van der Waals surface area contributed by atoms with Gasteiger partial charge in [0.05, 0.1) is 12.6 Å². The van der Waals surface area contributed by atoms with E-state index in [-0.39, 0.29) is 6.61 Å². The van der Waals surface area contributed by atoms with Gasteiger partial charge in [-0.2, -0.15) is 0 Å². The van der Waals surface area contributed by atoms with Crippen molar-refractivity contribution in [2.24, 2.45) is 0 Å². The summed E-state index contributed by atoms with van der Waals surface area (Å²) in [5.74, 6) is 0. The van der Waals surface area contributed by atoms with E-state index < -0.39 is 19.9 Å². The molecule has 0 bridgehead atoms. The summed E-state index contributed by atoms with van der Waals surface area (Å²) < 4.78 is 15.4. The van der Waals surface area contributed by atoms with Crippen molar-refractivity contribution in [1.82, 2.24) is 5.32 Å². The van der Waals surface area contributed by atoms with E-state index in [1.165, 1.54) is 0 Å². The summed E-state index contributed by atoms with van der Waals surface area (Å²) in [6.45, 7) is -0.304. The van der Waals surface area contributed by atoms with Crippen molar-refractivity contribution < 1.29 is 23.7 Å². The van der Waals surface area contributed by atoms with Crippen LogP contribution in [0.1, 0.15) is 5.56 Å². The third-order valence-corrected chi connectivity index (χ3v) is 3.62. The second kappa shape index (κ2) is 8.61. The maximum atomic E-state index is 12.1. The van der Waals surface area contributed by atoms with Crippen LogP contribution in [0.4, 0.5) is 10.5 Å². The number of phosphoric acid groups is 1. The van der Waals surface area contributed by atoms with Gasteiger partial charge < -0.3 is 20.4 Å². The molecule has 2 aromatic carbocycles. The van der Waals surface area contributed by atoms with Crippen LogP contribution in [0.15, 0.2) is 60.7 Å². The Balaban J connectivity index is 1.98. The largest absolute Gasteiger partial charge is 0.469 e. The number of hydrogen-bond acceptors (Lipinski definition) is 3. The standard InChI is InChI=1S/C16H19N2O5P/c19-16(17-14-9-5-2-6-10-14)18-15(12-23-24(20,21)22)11-13-7-3-1-4-8-13/h1-10,15H,11-12H2,(H2,17,18,19)(H2,20,21,22)/t15-/m1/s1. The van der Waals surface area contributed by atoms with Crippen LogP contribution in [0.2, 0.25) is 0 Å². The predicted molar refractivity (Wildman–Crippen MR) is 90.5 cm³/mol. The summed E-state index contributed by atoms with van der Waals surface area (Å²) in [6.07, 6.45) is 0.378. The molecule has 2 amide bonds. The summed E-state index contributed by atoms with van der Waals surface area (Å²) in [5, 5.41) is 5.32. The maximum absolute atomic E-state index is 12.1. The molecule has 0 saturated heterocycles. The van der Waals surface area contributed by atoms with Crippen molar-refractivity contribution in [3.05, 3.63) is 66.2 Å². The van der Waals surface area contributed by atoms with Crippen LogP contribution in [0.3, 0.4) is 0 Å². The van der Waals surface area contributed by atoms with Crippen molar-refractivity contribution in [2.75, 3.05) is 11.9 Å². The van der Waals surface area contributed by atoms with Gasteiger partial charge in [0.25, 0.3) is 0 Å². The fourth-order valence-electron chi connectivity index (χ4n) is 2.11. The van der Waals surface area contributed by atoms with E-state index in [1.54, 1.807) is 24.3 Å². The highest BCUT2D eigenvalue weighted by Crippen LogP contribution is 2.35. The van der Waals surface area contributed by atoms with E-state index in [1.807, 2.05) is 36.4 Å². The van der Waals surface area contributed by atoms with Gasteiger partial charge in [-0.05, 0) is 24.1 Å². The lowest BCUT2D eigenvalue weighted by Crippen LogP contribution is -2.42. The molecule has 2 rings (SSSR count). The molecule has 0 aliphatic heterocycles. The first kappa shape index (κ1) is 18.2. The molecule has 2 aromatic rings. The second-order valence-electron chi connectivity index (χ2n) is 5.14. The Kier molecular flexibility index (Phi) is 6.52. The highest BCUT2D eigenvalue weighted by molar-refractivity contribution is 7.46. The van der Waals surface area contributed by atoms with Crippen LogP contribution in [-0.4, -0.2) is 28.5 Å². The van der Waals surface area contributed by atoms with Crippen molar-refractivity contribution in [3.8, 4) is 0 Å². The molecule has 0 aromatic heterocycles. The predicted octanol–water partition coefficient (Wildman–Crippen LogP) is 2.53. The number of carbonyl (C=O) groups is 1. The lowest BCUT2D eigenvalue weighted by Gasteiger charge is -2.19. The van der Waals surface area contributed by atoms with Gasteiger partial charge in [0.15, 0.2) is 0 Å². The molecule has 0 unspecified atom stereocenters. The van der Waals surface area contributed by atoms with Gasteiger partial charge in [0.1, 0.15) is 0 Å². The van der Waals surface area contributed by atoms with Gasteiger partial charge in [-0.1, -0.05) is 48.5 Å². The number of phosphoric ester groups is 1. The van der Waals surface area contributed by atoms with E-state index in [0.29, 0.717) is 12.1 Å². The first-order valence-electron chi connectivity index (χ1n) is 7.29. The molecule has 7 nitrogen and oxygen atoms in total. The smallest absolute Gasteiger partial charge is 0.332 e. The topological polar surface area (TPSA) is 108 Å². The van der Waals surface area contributed by atoms with Gasteiger partial charge >= 0.3 is 13.9 Å². The molecule has 0 spiro atoms. The number of nitrogens with one attached hydrogen (secondary N) is 2. The molecule has 8 heteroatoms. The monoisotopic (exact) mass is 350 g/mol. The highest BCUT2D eigenvalue weighted by atomic mass is 31.2. The number of hydrogen-bond donors (Lipinski definition) is 4. The number of rotatable bonds is 7. The average Bonchev–Trinajstić information content (AvgIpc) is 2.54. The number of amides is 2. The quantitative estimate of drug-likeness (QED) is 0.574. The third-order valence-electron chi connectivity index (χ3n) is 3.14. The lowest BCUT2D eigenvalue weighted by atomic mass is 10.1. The first-order chi connectivity index (χ1) is 11.4. The first-order valence-corrected chi connectivity index (χ1v) is 8.82. The van der Waals surface area contributed by atoms with Crippen LogP contribution in [-0.2, 0) is 15.5 Å². The molecule has 0 saturated carbocycles. The molecule has 0 fully saturated rings. The van der Waals surface area contributed by atoms with E-state index in [2.05, 4.69) is 15.2 Å². The minimum atomic E-state index is -4.61. The summed E-state index contributed by atoms with van der Waals surface area (Å²) in [6, 6.07) is 17.1. The molecule has 0 radical (unpaired) electrons. The molecule has 24 heavy (non-hydrogen) atoms. The minimum absolute atomic E-state index is 0.304. The van der Waals surface area contributed by atoms with Crippen molar-refractivity contribution in [2.45, 2.75) is 12.5 Å². The van der Waals surface area contributed by atoms with E-state index in [0.717, 1.165) is 5.56 Å².